The van der Waals surface area contributed by atoms with Crippen molar-refractivity contribution in [3.8, 4) is 0 Å². The summed E-state index contributed by atoms with van der Waals surface area (Å²) >= 11 is 5.92. The molecule has 1 saturated heterocycles. The quantitative estimate of drug-likeness (QED) is 0.830. The summed E-state index contributed by atoms with van der Waals surface area (Å²) in [6.07, 6.45) is 4.73. The smallest absolute Gasteiger partial charge is 0.223 e. The first-order chi connectivity index (χ1) is 10.5. The molecule has 0 aromatic carbocycles. The summed E-state index contributed by atoms with van der Waals surface area (Å²) in [6.45, 7) is 1.58. The van der Waals surface area contributed by atoms with Gasteiger partial charge in [-0.1, -0.05) is 11.6 Å². The molecule has 1 aliphatic heterocycles. The van der Waals surface area contributed by atoms with E-state index in [1.807, 2.05) is 17.8 Å². The van der Waals surface area contributed by atoms with Crippen molar-refractivity contribution in [3.63, 3.8) is 0 Å². The molecule has 7 nitrogen and oxygen atoms in total. The monoisotopic (exact) mass is 322 g/mol. The van der Waals surface area contributed by atoms with Gasteiger partial charge >= 0.3 is 0 Å². The van der Waals surface area contributed by atoms with Gasteiger partial charge in [0, 0.05) is 38.6 Å². The fourth-order valence-corrected chi connectivity index (χ4v) is 3.09. The third kappa shape index (κ3) is 3.00. The summed E-state index contributed by atoms with van der Waals surface area (Å²) in [7, 11) is 1.90. The number of halogens is 1. The molecule has 0 saturated carbocycles. The minimum absolute atomic E-state index is 0.178. The second-order valence-corrected chi connectivity index (χ2v) is 5.96. The van der Waals surface area contributed by atoms with Crippen molar-refractivity contribution in [2.75, 3.05) is 23.7 Å². The predicted molar refractivity (Wildman–Crippen MR) is 84.6 cm³/mol. The van der Waals surface area contributed by atoms with E-state index in [4.69, 9.17) is 17.3 Å². The van der Waals surface area contributed by atoms with E-state index in [2.05, 4.69) is 19.9 Å². The number of piperidine rings is 1. The minimum atomic E-state index is -0.541. The van der Waals surface area contributed by atoms with Gasteiger partial charge in [-0.3, -0.25) is 0 Å². The van der Waals surface area contributed by atoms with Crippen LogP contribution in [0.15, 0.2) is 18.5 Å². The number of aliphatic hydroxyl groups is 1. The Morgan fingerprint density at radius 3 is 2.68 bits per heavy atom. The van der Waals surface area contributed by atoms with Crippen LogP contribution in [-0.2, 0) is 7.05 Å². The topological polar surface area (TPSA) is 93.1 Å². The Morgan fingerprint density at radius 2 is 2.09 bits per heavy atom. The van der Waals surface area contributed by atoms with Crippen LogP contribution in [-0.4, -0.2) is 37.7 Å². The molecule has 22 heavy (non-hydrogen) atoms. The molecule has 3 N–H and O–H groups in total. The normalized spacial score (nSPS) is 17.7. The van der Waals surface area contributed by atoms with Crippen LogP contribution >= 0.6 is 11.6 Å². The maximum atomic E-state index is 10.5. The molecule has 0 radical (unpaired) electrons. The van der Waals surface area contributed by atoms with E-state index in [1.54, 1.807) is 12.3 Å². The molecule has 118 valence electrons. The minimum Gasteiger partial charge on any atom is -0.385 e. The molecule has 8 heteroatoms. The molecule has 0 amide bonds. The lowest BCUT2D eigenvalue weighted by atomic mass is 9.90. The van der Waals surface area contributed by atoms with Gasteiger partial charge in [0.05, 0.1) is 0 Å². The maximum absolute atomic E-state index is 10.5. The van der Waals surface area contributed by atoms with E-state index >= 15 is 0 Å². The molecule has 1 aliphatic rings. The molecule has 2 aromatic heterocycles. The fraction of sp³-hybridized carbons (Fsp3) is 0.500. The van der Waals surface area contributed by atoms with Crippen molar-refractivity contribution in [1.29, 1.82) is 0 Å². The van der Waals surface area contributed by atoms with Gasteiger partial charge in [0.25, 0.3) is 0 Å². The number of aryl methyl sites for hydroxylation is 1. The van der Waals surface area contributed by atoms with Crippen LogP contribution in [0.2, 0.25) is 5.15 Å². The zero-order valence-corrected chi connectivity index (χ0v) is 13.1. The molecule has 0 spiro atoms. The Morgan fingerprint density at radius 1 is 1.36 bits per heavy atom. The lowest BCUT2D eigenvalue weighted by Gasteiger charge is -2.34. The van der Waals surface area contributed by atoms with Gasteiger partial charge in [-0.25, -0.2) is 9.97 Å². The number of rotatable bonds is 3. The summed E-state index contributed by atoms with van der Waals surface area (Å²) in [5.74, 6) is 1.82. The van der Waals surface area contributed by atoms with Gasteiger partial charge in [0.2, 0.25) is 5.95 Å². The number of aromatic nitrogens is 4. The van der Waals surface area contributed by atoms with Crippen molar-refractivity contribution in [2.45, 2.75) is 18.9 Å². The lowest BCUT2D eigenvalue weighted by Crippen LogP contribution is -2.36. The average Bonchev–Trinajstić information content (AvgIpc) is 2.92. The van der Waals surface area contributed by atoms with Crippen molar-refractivity contribution in [2.24, 2.45) is 13.0 Å². The van der Waals surface area contributed by atoms with Crippen LogP contribution in [0.4, 0.5) is 11.8 Å². The average molecular weight is 323 g/mol. The third-order valence-electron chi connectivity index (χ3n) is 4.13. The first kappa shape index (κ1) is 15.1. The fourth-order valence-electron chi connectivity index (χ4n) is 2.90. The van der Waals surface area contributed by atoms with E-state index < -0.39 is 6.10 Å². The Labute approximate surface area is 133 Å². The Balaban J connectivity index is 1.66. The van der Waals surface area contributed by atoms with Crippen LogP contribution in [0.1, 0.15) is 24.8 Å². The second-order valence-electron chi connectivity index (χ2n) is 5.57. The van der Waals surface area contributed by atoms with Crippen molar-refractivity contribution in [1.82, 2.24) is 19.5 Å². The summed E-state index contributed by atoms with van der Waals surface area (Å²) in [5.41, 5.74) is 5.64. The van der Waals surface area contributed by atoms with Crippen LogP contribution in [0.25, 0.3) is 0 Å². The van der Waals surface area contributed by atoms with Gasteiger partial charge < -0.3 is 20.3 Å². The number of anilines is 2. The summed E-state index contributed by atoms with van der Waals surface area (Å²) in [6, 6.07) is 1.72. The Kier molecular flexibility index (Phi) is 4.17. The summed E-state index contributed by atoms with van der Waals surface area (Å²) < 4.78 is 1.86. The van der Waals surface area contributed by atoms with Crippen LogP contribution in [0.5, 0.6) is 0 Å². The largest absolute Gasteiger partial charge is 0.385 e. The Hall–Kier alpha value is -1.86. The van der Waals surface area contributed by atoms with E-state index in [0.717, 1.165) is 31.7 Å². The maximum Gasteiger partial charge on any atom is 0.223 e. The van der Waals surface area contributed by atoms with Gasteiger partial charge in [-0.15, -0.1) is 0 Å². The van der Waals surface area contributed by atoms with E-state index in [9.17, 15) is 5.11 Å². The van der Waals surface area contributed by atoms with Gasteiger partial charge in [-0.05, 0) is 18.8 Å². The molecule has 0 aliphatic carbocycles. The number of hydrogen-bond donors (Lipinski definition) is 2. The first-order valence-corrected chi connectivity index (χ1v) is 7.62. The van der Waals surface area contributed by atoms with Crippen LogP contribution in [0.3, 0.4) is 0 Å². The summed E-state index contributed by atoms with van der Waals surface area (Å²) in [4.78, 5) is 14.4. The van der Waals surface area contributed by atoms with Gasteiger partial charge in [0.1, 0.15) is 22.9 Å². The second kappa shape index (κ2) is 6.10. The molecule has 3 rings (SSSR count). The van der Waals surface area contributed by atoms with E-state index in [-0.39, 0.29) is 11.9 Å². The van der Waals surface area contributed by atoms with Crippen LogP contribution < -0.4 is 10.6 Å². The number of nitrogens with zero attached hydrogens (tertiary/aromatic N) is 5. The zero-order valence-electron chi connectivity index (χ0n) is 12.4. The number of nitrogen functional groups attached to an aromatic ring is 1. The van der Waals surface area contributed by atoms with E-state index in [1.165, 1.54) is 0 Å². The van der Waals surface area contributed by atoms with Crippen molar-refractivity contribution in [3.05, 3.63) is 29.4 Å². The molecule has 1 unspecified atom stereocenters. The Bertz CT molecular complexity index is 632. The highest BCUT2D eigenvalue weighted by molar-refractivity contribution is 6.29. The van der Waals surface area contributed by atoms with Crippen molar-refractivity contribution >= 4 is 23.4 Å². The van der Waals surface area contributed by atoms with Crippen LogP contribution in [0, 0.1) is 5.92 Å². The standard InChI is InChI=1S/C14H19ClN6O/c1-20-7-4-17-13(20)12(22)9-2-5-21(6-3-9)11-8-10(15)18-14(16)19-11/h4,7-9,12,22H,2-3,5-6H2,1H3,(H2,16,18,19). The zero-order chi connectivity index (χ0) is 15.7. The number of imidazole rings is 1. The number of nitrogens with two attached hydrogens (primary N) is 1. The highest BCUT2D eigenvalue weighted by Gasteiger charge is 2.29. The molecule has 1 fully saturated rings. The first-order valence-electron chi connectivity index (χ1n) is 7.25. The highest BCUT2D eigenvalue weighted by Crippen LogP contribution is 2.31. The van der Waals surface area contributed by atoms with Gasteiger partial charge in [-0.2, -0.15) is 4.98 Å². The molecule has 2 aromatic rings. The number of aliphatic hydroxyl groups excluding tert-OH is 1. The van der Waals surface area contributed by atoms with Crippen molar-refractivity contribution < 1.29 is 5.11 Å². The number of hydrogen-bond acceptors (Lipinski definition) is 6. The molecular formula is C14H19ClN6O. The van der Waals surface area contributed by atoms with E-state index in [0.29, 0.717) is 11.0 Å². The summed E-state index contributed by atoms with van der Waals surface area (Å²) in [5, 5.41) is 10.8. The molecule has 1 atom stereocenters. The molecule has 3 heterocycles. The lowest BCUT2D eigenvalue weighted by molar-refractivity contribution is 0.0824. The SMILES string of the molecule is Cn1ccnc1C(O)C1CCN(c2cc(Cl)nc(N)n2)CC1. The predicted octanol–water partition coefficient (Wildman–Crippen LogP) is 1.40. The van der Waals surface area contributed by atoms with Gasteiger partial charge in [0.15, 0.2) is 0 Å². The molecular weight excluding hydrogens is 304 g/mol. The highest BCUT2D eigenvalue weighted by atomic mass is 35.5. The third-order valence-corrected chi connectivity index (χ3v) is 4.33. The molecule has 0 bridgehead atoms.